The van der Waals surface area contributed by atoms with Crippen LogP contribution in [0.25, 0.3) is 10.8 Å². The number of carbonyl (C=O) groups excluding carboxylic acids is 1. The van der Waals surface area contributed by atoms with Gasteiger partial charge in [-0.1, -0.05) is 42.5 Å². The average molecular weight is 330 g/mol. The minimum absolute atomic E-state index is 0.0819. The van der Waals surface area contributed by atoms with Crippen LogP contribution >= 0.6 is 0 Å². The SMILES string of the molecule is O=C(CC(c1cccc2ccccc12)n1cccc1)Nc1ncc[nH]1. The van der Waals surface area contributed by atoms with Crippen molar-refractivity contribution in [2.24, 2.45) is 0 Å². The molecule has 4 rings (SSSR count). The van der Waals surface area contributed by atoms with E-state index in [9.17, 15) is 4.79 Å². The molecule has 4 aromatic rings. The first kappa shape index (κ1) is 15.2. The van der Waals surface area contributed by atoms with Crippen molar-refractivity contribution in [3.8, 4) is 0 Å². The van der Waals surface area contributed by atoms with Crippen LogP contribution in [0.2, 0.25) is 0 Å². The summed E-state index contributed by atoms with van der Waals surface area (Å²) < 4.78 is 2.07. The van der Waals surface area contributed by atoms with Crippen molar-refractivity contribution in [3.63, 3.8) is 0 Å². The summed E-state index contributed by atoms with van der Waals surface area (Å²) in [5.74, 6) is 0.385. The molecule has 5 heteroatoms. The number of amides is 1. The average Bonchev–Trinajstić information content (AvgIpc) is 3.33. The highest BCUT2D eigenvalue weighted by Crippen LogP contribution is 2.29. The van der Waals surface area contributed by atoms with E-state index in [1.165, 1.54) is 5.39 Å². The van der Waals surface area contributed by atoms with Crippen LogP contribution in [-0.2, 0) is 4.79 Å². The number of imidazole rings is 1. The summed E-state index contributed by atoms with van der Waals surface area (Å²) >= 11 is 0. The molecule has 1 atom stereocenters. The number of fused-ring (bicyclic) bond motifs is 1. The molecule has 0 aliphatic carbocycles. The molecule has 1 unspecified atom stereocenters. The Morgan fingerprint density at radius 1 is 1.08 bits per heavy atom. The van der Waals surface area contributed by atoms with Crippen LogP contribution in [0.15, 0.2) is 79.4 Å². The molecule has 2 heterocycles. The van der Waals surface area contributed by atoms with Gasteiger partial charge in [-0.25, -0.2) is 4.98 Å². The molecule has 2 aromatic heterocycles. The molecule has 1 amide bonds. The van der Waals surface area contributed by atoms with Crippen molar-refractivity contribution in [3.05, 3.63) is 84.9 Å². The zero-order valence-electron chi connectivity index (χ0n) is 13.6. The summed E-state index contributed by atoms with van der Waals surface area (Å²) in [4.78, 5) is 19.5. The highest BCUT2D eigenvalue weighted by Gasteiger charge is 2.19. The Labute approximate surface area is 145 Å². The Balaban J connectivity index is 1.70. The standard InChI is InChI=1S/C20H18N4O/c25-19(23-20-21-10-11-22-20)14-18(24-12-3-4-13-24)17-9-5-7-15-6-1-2-8-16(15)17/h1-13,18H,14H2,(H2,21,22,23,25). The van der Waals surface area contributed by atoms with E-state index in [-0.39, 0.29) is 11.9 Å². The fourth-order valence-electron chi connectivity index (χ4n) is 3.16. The summed E-state index contributed by atoms with van der Waals surface area (Å²) in [5, 5.41) is 5.14. The van der Waals surface area contributed by atoms with E-state index in [4.69, 9.17) is 0 Å². The molecule has 124 valence electrons. The van der Waals surface area contributed by atoms with Crippen LogP contribution in [-0.4, -0.2) is 20.4 Å². The zero-order chi connectivity index (χ0) is 17.1. The maximum Gasteiger partial charge on any atom is 0.229 e. The lowest BCUT2D eigenvalue weighted by atomic mass is 9.96. The number of aromatic nitrogens is 3. The first-order chi connectivity index (χ1) is 12.3. The first-order valence-electron chi connectivity index (χ1n) is 8.20. The van der Waals surface area contributed by atoms with Crippen LogP contribution in [0, 0.1) is 0 Å². The van der Waals surface area contributed by atoms with E-state index in [2.05, 4.69) is 44.1 Å². The number of anilines is 1. The van der Waals surface area contributed by atoms with Crippen LogP contribution in [0.5, 0.6) is 0 Å². The van der Waals surface area contributed by atoms with E-state index in [1.807, 2.05) is 42.7 Å². The van der Waals surface area contributed by atoms with Gasteiger partial charge in [0.2, 0.25) is 11.9 Å². The lowest BCUT2D eigenvalue weighted by Crippen LogP contribution is -2.20. The van der Waals surface area contributed by atoms with Gasteiger partial charge in [0.15, 0.2) is 0 Å². The fourth-order valence-corrected chi connectivity index (χ4v) is 3.16. The van der Waals surface area contributed by atoms with E-state index in [1.54, 1.807) is 12.4 Å². The Kier molecular flexibility index (Phi) is 4.04. The number of benzene rings is 2. The summed E-state index contributed by atoms with van der Waals surface area (Å²) in [5.41, 5.74) is 1.13. The molecular formula is C20H18N4O. The molecule has 0 spiro atoms. The molecule has 0 radical (unpaired) electrons. The van der Waals surface area contributed by atoms with Gasteiger partial charge in [-0.05, 0) is 28.5 Å². The summed E-state index contributed by atoms with van der Waals surface area (Å²) in [6, 6.07) is 18.3. The van der Waals surface area contributed by atoms with Gasteiger partial charge in [0.05, 0.1) is 12.5 Å². The Hall–Kier alpha value is -3.34. The topological polar surface area (TPSA) is 62.7 Å². The molecular weight excluding hydrogens is 312 g/mol. The van der Waals surface area contributed by atoms with Gasteiger partial charge in [-0.15, -0.1) is 0 Å². The Bertz CT molecular complexity index is 969. The normalized spacial score (nSPS) is 12.2. The monoisotopic (exact) mass is 330 g/mol. The van der Waals surface area contributed by atoms with Gasteiger partial charge in [-0.3, -0.25) is 10.1 Å². The molecule has 25 heavy (non-hydrogen) atoms. The second kappa shape index (κ2) is 6.65. The van der Waals surface area contributed by atoms with Crippen LogP contribution < -0.4 is 5.32 Å². The molecule has 0 aliphatic rings. The number of aromatic amines is 1. The van der Waals surface area contributed by atoms with Crippen molar-refractivity contribution in [2.75, 3.05) is 5.32 Å². The number of hydrogen-bond acceptors (Lipinski definition) is 2. The van der Waals surface area contributed by atoms with Crippen LogP contribution in [0.4, 0.5) is 5.95 Å². The number of carbonyl (C=O) groups is 1. The lowest BCUT2D eigenvalue weighted by Gasteiger charge is -2.21. The van der Waals surface area contributed by atoms with Crippen LogP contribution in [0.1, 0.15) is 18.0 Å². The van der Waals surface area contributed by atoms with Crippen LogP contribution in [0.3, 0.4) is 0 Å². The molecule has 5 nitrogen and oxygen atoms in total. The van der Waals surface area contributed by atoms with Crippen molar-refractivity contribution >= 4 is 22.6 Å². The second-order valence-corrected chi connectivity index (χ2v) is 5.90. The zero-order valence-corrected chi connectivity index (χ0v) is 13.6. The fraction of sp³-hybridized carbons (Fsp3) is 0.100. The smallest absolute Gasteiger partial charge is 0.229 e. The third-order valence-corrected chi connectivity index (χ3v) is 4.30. The highest BCUT2D eigenvalue weighted by molar-refractivity contribution is 5.91. The third-order valence-electron chi connectivity index (χ3n) is 4.30. The van der Waals surface area contributed by atoms with Crippen molar-refractivity contribution in [1.82, 2.24) is 14.5 Å². The van der Waals surface area contributed by atoms with Gasteiger partial charge in [0.25, 0.3) is 0 Å². The predicted molar refractivity (Wildman–Crippen MR) is 98.4 cm³/mol. The van der Waals surface area contributed by atoms with Gasteiger partial charge in [0, 0.05) is 24.8 Å². The number of rotatable bonds is 5. The number of hydrogen-bond donors (Lipinski definition) is 2. The second-order valence-electron chi connectivity index (χ2n) is 5.90. The Morgan fingerprint density at radius 3 is 2.68 bits per heavy atom. The summed E-state index contributed by atoms with van der Waals surface area (Å²) in [6.07, 6.45) is 7.61. The molecule has 2 aromatic carbocycles. The molecule has 0 saturated heterocycles. The van der Waals surface area contributed by atoms with E-state index in [0.29, 0.717) is 12.4 Å². The maximum absolute atomic E-state index is 12.5. The largest absolute Gasteiger partial charge is 0.346 e. The Morgan fingerprint density at radius 2 is 1.88 bits per heavy atom. The quantitative estimate of drug-likeness (QED) is 0.581. The van der Waals surface area contributed by atoms with Gasteiger partial charge < -0.3 is 9.55 Å². The van der Waals surface area contributed by atoms with Crippen molar-refractivity contribution in [1.29, 1.82) is 0 Å². The van der Waals surface area contributed by atoms with Gasteiger partial charge in [-0.2, -0.15) is 0 Å². The first-order valence-corrected chi connectivity index (χ1v) is 8.20. The van der Waals surface area contributed by atoms with Gasteiger partial charge in [0.1, 0.15) is 0 Å². The molecule has 2 N–H and O–H groups in total. The molecule has 0 saturated carbocycles. The molecule has 0 bridgehead atoms. The number of H-pyrrole nitrogens is 1. The summed E-state index contributed by atoms with van der Waals surface area (Å²) in [7, 11) is 0. The highest BCUT2D eigenvalue weighted by atomic mass is 16.1. The molecule has 0 fully saturated rings. The van der Waals surface area contributed by atoms with Crippen molar-refractivity contribution < 1.29 is 4.79 Å². The minimum Gasteiger partial charge on any atom is -0.346 e. The van der Waals surface area contributed by atoms with Gasteiger partial charge >= 0.3 is 0 Å². The molecule has 0 aliphatic heterocycles. The lowest BCUT2D eigenvalue weighted by molar-refractivity contribution is -0.116. The maximum atomic E-state index is 12.5. The summed E-state index contributed by atoms with van der Waals surface area (Å²) in [6.45, 7) is 0. The van der Waals surface area contributed by atoms with E-state index >= 15 is 0 Å². The minimum atomic E-state index is -0.0870. The van der Waals surface area contributed by atoms with Crippen molar-refractivity contribution in [2.45, 2.75) is 12.5 Å². The number of nitrogens with zero attached hydrogens (tertiary/aromatic N) is 2. The predicted octanol–water partition coefficient (Wildman–Crippen LogP) is 3.98. The third kappa shape index (κ3) is 3.17. The van der Waals surface area contributed by atoms with E-state index in [0.717, 1.165) is 10.9 Å². The number of nitrogens with one attached hydrogen (secondary N) is 2. The van der Waals surface area contributed by atoms with E-state index < -0.39 is 0 Å².